The van der Waals surface area contributed by atoms with Gasteiger partial charge in [-0.3, -0.25) is 9.59 Å². The lowest BCUT2D eigenvalue weighted by atomic mass is 9.87. The molecule has 0 radical (unpaired) electrons. The number of nitrogens with one attached hydrogen (secondary N) is 2. The molecule has 2 N–H and O–H groups in total. The summed E-state index contributed by atoms with van der Waals surface area (Å²) in [5, 5.41) is 2.59. The van der Waals surface area contributed by atoms with Gasteiger partial charge in [-0.05, 0) is 53.3 Å². The zero-order valence-electron chi connectivity index (χ0n) is 17.6. The minimum absolute atomic E-state index is 0.0147. The third-order valence-corrected chi connectivity index (χ3v) is 6.06. The second-order valence-electron chi connectivity index (χ2n) is 8.70. The fourth-order valence-corrected chi connectivity index (χ4v) is 4.65. The van der Waals surface area contributed by atoms with E-state index in [0.717, 1.165) is 22.0 Å². The molecule has 0 aliphatic rings. The molecule has 0 bridgehead atoms. The van der Waals surface area contributed by atoms with Gasteiger partial charge in [-0.2, -0.15) is 0 Å². The van der Waals surface area contributed by atoms with Crippen LogP contribution in [-0.2, 0) is 0 Å². The highest BCUT2D eigenvalue weighted by molar-refractivity contribution is 6.03. The Morgan fingerprint density at radius 3 is 1.93 bits per heavy atom. The predicted octanol–water partition coefficient (Wildman–Crippen LogP) is 5.92. The second kappa shape index (κ2) is 6.56. The van der Waals surface area contributed by atoms with Crippen LogP contribution in [0.15, 0.2) is 58.1 Å². The molecule has 0 amide bonds. The molecule has 30 heavy (non-hydrogen) atoms. The quantitative estimate of drug-likeness (QED) is 0.364. The Morgan fingerprint density at radius 2 is 1.27 bits per heavy atom. The number of H-pyrrole nitrogens is 2. The SMILES string of the molecule is CC(C)c1ccc2[nH]c3cc4c(=O)c5ccccc5[nH]c4cc3c(=O)c2c1C(C)C. The predicted molar refractivity (Wildman–Crippen MR) is 126 cm³/mol. The summed E-state index contributed by atoms with van der Waals surface area (Å²) in [4.78, 5) is 33.5. The van der Waals surface area contributed by atoms with Crippen molar-refractivity contribution in [2.75, 3.05) is 0 Å². The first-order chi connectivity index (χ1) is 14.4. The van der Waals surface area contributed by atoms with Crippen LogP contribution in [0.4, 0.5) is 0 Å². The van der Waals surface area contributed by atoms with E-state index in [1.807, 2.05) is 42.5 Å². The highest BCUT2D eigenvalue weighted by Gasteiger charge is 2.18. The Balaban J connectivity index is 1.97. The van der Waals surface area contributed by atoms with Crippen molar-refractivity contribution in [3.63, 3.8) is 0 Å². The van der Waals surface area contributed by atoms with Gasteiger partial charge in [-0.25, -0.2) is 0 Å². The highest BCUT2D eigenvalue weighted by atomic mass is 16.1. The van der Waals surface area contributed by atoms with E-state index in [1.54, 1.807) is 0 Å². The number of pyridine rings is 2. The van der Waals surface area contributed by atoms with Crippen LogP contribution < -0.4 is 10.9 Å². The summed E-state index contributed by atoms with van der Waals surface area (Å²) in [6, 6.07) is 15.2. The third kappa shape index (κ3) is 2.60. The molecule has 5 aromatic rings. The molecule has 4 nitrogen and oxygen atoms in total. The summed E-state index contributed by atoms with van der Waals surface area (Å²) in [6.45, 7) is 8.58. The molecule has 2 aromatic heterocycles. The van der Waals surface area contributed by atoms with Crippen LogP contribution in [0.2, 0.25) is 0 Å². The van der Waals surface area contributed by atoms with Gasteiger partial charge in [0.25, 0.3) is 0 Å². The van der Waals surface area contributed by atoms with Crippen molar-refractivity contribution in [1.29, 1.82) is 0 Å². The molecule has 0 fully saturated rings. The maximum atomic E-state index is 13.7. The van der Waals surface area contributed by atoms with E-state index < -0.39 is 0 Å². The van der Waals surface area contributed by atoms with Gasteiger partial charge in [0.1, 0.15) is 0 Å². The first kappa shape index (κ1) is 18.6. The van der Waals surface area contributed by atoms with Gasteiger partial charge in [-0.1, -0.05) is 45.9 Å². The largest absolute Gasteiger partial charge is 0.354 e. The van der Waals surface area contributed by atoms with E-state index in [0.29, 0.717) is 33.1 Å². The highest BCUT2D eigenvalue weighted by Crippen LogP contribution is 2.32. The zero-order valence-corrected chi connectivity index (χ0v) is 17.6. The molecule has 3 aromatic carbocycles. The van der Waals surface area contributed by atoms with Crippen molar-refractivity contribution >= 4 is 43.6 Å². The van der Waals surface area contributed by atoms with Crippen molar-refractivity contribution in [2.45, 2.75) is 39.5 Å². The molecule has 0 atom stereocenters. The third-order valence-electron chi connectivity index (χ3n) is 6.06. The van der Waals surface area contributed by atoms with Crippen LogP contribution in [0.25, 0.3) is 43.6 Å². The van der Waals surface area contributed by atoms with Gasteiger partial charge in [0, 0.05) is 27.1 Å². The Labute approximate surface area is 173 Å². The number of para-hydroxylation sites is 1. The minimum atomic E-state index is -0.0276. The Hall–Kier alpha value is -3.40. The summed E-state index contributed by atoms with van der Waals surface area (Å²) >= 11 is 0. The van der Waals surface area contributed by atoms with Crippen molar-refractivity contribution in [1.82, 2.24) is 9.97 Å². The van der Waals surface area contributed by atoms with Crippen LogP contribution in [0.5, 0.6) is 0 Å². The van der Waals surface area contributed by atoms with E-state index in [9.17, 15) is 9.59 Å². The number of aromatic nitrogens is 2. The fraction of sp³-hybridized carbons (Fsp3) is 0.231. The number of hydrogen-bond acceptors (Lipinski definition) is 2. The molecule has 2 heterocycles. The topological polar surface area (TPSA) is 65.7 Å². The molecular weight excluding hydrogens is 372 g/mol. The average Bonchev–Trinajstić information content (AvgIpc) is 2.72. The van der Waals surface area contributed by atoms with E-state index in [4.69, 9.17) is 0 Å². The Bertz CT molecular complexity index is 1590. The summed E-state index contributed by atoms with van der Waals surface area (Å²) in [6.07, 6.45) is 0. The lowest BCUT2D eigenvalue weighted by molar-refractivity contribution is 0.797. The molecule has 0 spiro atoms. The molecule has 5 rings (SSSR count). The van der Waals surface area contributed by atoms with Gasteiger partial charge < -0.3 is 9.97 Å². The number of aromatic amines is 2. The summed E-state index contributed by atoms with van der Waals surface area (Å²) in [5.41, 5.74) is 5.27. The Kier molecular flexibility index (Phi) is 4.07. The van der Waals surface area contributed by atoms with Crippen LogP contribution in [0.1, 0.15) is 50.7 Å². The van der Waals surface area contributed by atoms with Crippen molar-refractivity contribution < 1.29 is 0 Å². The molecular formula is C26H24N2O2. The lowest BCUT2D eigenvalue weighted by Crippen LogP contribution is -2.12. The number of fused-ring (bicyclic) bond motifs is 4. The molecule has 0 saturated heterocycles. The van der Waals surface area contributed by atoms with Crippen molar-refractivity contribution in [2.24, 2.45) is 0 Å². The Morgan fingerprint density at radius 1 is 0.633 bits per heavy atom. The van der Waals surface area contributed by atoms with E-state index in [1.165, 1.54) is 5.56 Å². The van der Waals surface area contributed by atoms with Crippen molar-refractivity contribution in [3.05, 3.63) is 80.1 Å². The van der Waals surface area contributed by atoms with Crippen LogP contribution in [0.3, 0.4) is 0 Å². The molecule has 0 saturated carbocycles. The van der Waals surface area contributed by atoms with Gasteiger partial charge in [-0.15, -0.1) is 0 Å². The summed E-state index contributed by atoms with van der Waals surface area (Å²) < 4.78 is 0. The molecule has 0 aliphatic carbocycles. The molecule has 0 unspecified atom stereocenters. The fourth-order valence-electron chi connectivity index (χ4n) is 4.65. The smallest absolute Gasteiger partial charge is 0.197 e. The first-order valence-corrected chi connectivity index (χ1v) is 10.4. The monoisotopic (exact) mass is 396 g/mol. The summed E-state index contributed by atoms with van der Waals surface area (Å²) in [5.74, 6) is 0.565. The summed E-state index contributed by atoms with van der Waals surface area (Å²) in [7, 11) is 0. The molecule has 4 heteroatoms. The van der Waals surface area contributed by atoms with E-state index in [2.05, 4.69) is 43.7 Å². The lowest BCUT2D eigenvalue weighted by Gasteiger charge is -2.19. The maximum absolute atomic E-state index is 13.7. The van der Waals surface area contributed by atoms with Crippen LogP contribution in [0, 0.1) is 0 Å². The van der Waals surface area contributed by atoms with Crippen molar-refractivity contribution in [3.8, 4) is 0 Å². The minimum Gasteiger partial charge on any atom is -0.354 e. The maximum Gasteiger partial charge on any atom is 0.197 e. The zero-order chi connectivity index (χ0) is 21.2. The van der Waals surface area contributed by atoms with Crippen LogP contribution in [-0.4, -0.2) is 9.97 Å². The second-order valence-corrected chi connectivity index (χ2v) is 8.70. The van der Waals surface area contributed by atoms with Gasteiger partial charge in [0.2, 0.25) is 0 Å². The van der Waals surface area contributed by atoms with Gasteiger partial charge >= 0.3 is 0 Å². The molecule has 0 aliphatic heterocycles. The molecule has 150 valence electrons. The van der Waals surface area contributed by atoms with E-state index >= 15 is 0 Å². The standard InChI is InChI=1S/C26H24N2O2/c1-13(2)15-9-10-20-24(23(15)14(3)4)26(30)18-12-21-17(11-22(18)28-20)25(29)16-7-5-6-8-19(16)27-21/h5-14H,1-4H3,(H,27,29)(H,28,30). The average molecular weight is 396 g/mol. The normalized spacial score (nSPS) is 12.2. The van der Waals surface area contributed by atoms with Gasteiger partial charge in [0.05, 0.1) is 16.6 Å². The number of rotatable bonds is 2. The first-order valence-electron chi connectivity index (χ1n) is 10.4. The number of hydrogen-bond donors (Lipinski definition) is 2. The number of benzene rings is 3. The van der Waals surface area contributed by atoms with Crippen LogP contribution >= 0.6 is 0 Å². The van der Waals surface area contributed by atoms with E-state index in [-0.39, 0.29) is 16.8 Å². The van der Waals surface area contributed by atoms with Gasteiger partial charge in [0.15, 0.2) is 10.9 Å².